The number of nitrogens with one attached hydrogen (secondary N) is 1. The predicted octanol–water partition coefficient (Wildman–Crippen LogP) is 2.08. The molecule has 0 spiro atoms. The second kappa shape index (κ2) is 6.54. The minimum absolute atomic E-state index is 0.282. The third-order valence-corrected chi connectivity index (χ3v) is 3.48. The Balaban J connectivity index is 2.08. The summed E-state index contributed by atoms with van der Waals surface area (Å²) in [7, 11) is 0. The number of hydrogen-bond acceptors (Lipinski definition) is 3. The summed E-state index contributed by atoms with van der Waals surface area (Å²) in [6.45, 7) is 3.71. The first-order chi connectivity index (χ1) is 9.99. The Hall–Kier alpha value is -2.14. The molecule has 1 amide bonds. The predicted molar refractivity (Wildman–Crippen MR) is 81.2 cm³/mol. The van der Waals surface area contributed by atoms with Crippen molar-refractivity contribution in [3.05, 3.63) is 63.0 Å². The van der Waals surface area contributed by atoms with Crippen LogP contribution in [0.5, 0.6) is 0 Å². The van der Waals surface area contributed by atoms with Gasteiger partial charge < -0.3 is 5.32 Å². The summed E-state index contributed by atoms with van der Waals surface area (Å²) in [4.78, 5) is 23.9. The maximum atomic E-state index is 12.1. The minimum atomic E-state index is -0.681. The van der Waals surface area contributed by atoms with Gasteiger partial charge in [-0.1, -0.05) is 29.8 Å². The fraction of sp³-hybridized carbons (Fsp3) is 0.267. The molecule has 0 aliphatic carbocycles. The zero-order valence-electron chi connectivity index (χ0n) is 11.8. The molecule has 110 valence electrons. The van der Waals surface area contributed by atoms with Crippen LogP contribution >= 0.6 is 11.6 Å². The normalized spacial score (nSPS) is 12.0. The van der Waals surface area contributed by atoms with Gasteiger partial charge in [0.1, 0.15) is 6.04 Å². The number of amides is 1. The van der Waals surface area contributed by atoms with Gasteiger partial charge in [-0.05, 0) is 31.5 Å². The Kier molecular flexibility index (Phi) is 4.75. The second-order valence-electron chi connectivity index (χ2n) is 4.74. The second-order valence-corrected chi connectivity index (χ2v) is 5.15. The number of benzene rings is 1. The maximum absolute atomic E-state index is 12.1. The molecular formula is C15H16ClN3O2. The summed E-state index contributed by atoms with van der Waals surface area (Å²) in [6.07, 6.45) is 0. The topological polar surface area (TPSA) is 64.0 Å². The van der Waals surface area contributed by atoms with Crippen LogP contribution in [0, 0.1) is 6.92 Å². The van der Waals surface area contributed by atoms with Crippen molar-refractivity contribution in [3.63, 3.8) is 0 Å². The van der Waals surface area contributed by atoms with E-state index in [1.54, 1.807) is 26.0 Å². The third-order valence-electron chi connectivity index (χ3n) is 3.12. The van der Waals surface area contributed by atoms with E-state index in [-0.39, 0.29) is 11.5 Å². The van der Waals surface area contributed by atoms with Crippen molar-refractivity contribution in [2.24, 2.45) is 0 Å². The first-order valence-corrected chi connectivity index (χ1v) is 6.94. The molecule has 1 heterocycles. The molecule has 0 saturated heterocycles. The molecule has 1 atom stereocenters. The van der Waals surface area contributed by atoms with E-state index in [2.05, 4.69) is 10.4 Å². The fourth-order valence-electron chi connectivity index (χ4n) is 1.88. The molecule has 1 aromatic carbocycles. The zero-order valence-corrected chi connectivity index (χ0v) is 12.6. The molecule has 2 aromatic rings. The van der Waals surface area contributed by atoms with Crippen LogP contribution in [0.1, 0.15) is 24.2 Å². The van der Waals surface area contributed by atoms with Gasteiger partial charge >= 0.3 is 0 Å². The molecule has 1 unspecified atom stereocenters. The lowest BCUT2D eigenvalue weighted by Gasteiger charge is -2.14. The van der Waals surface area contributed by atoms with Crippen LogP contribution in [0.25, 0.3) is 0 Å². The number of halogens is 1. The van der Waals surface area contributed by atoms with E-state index in [0.717, 1.165) is 5.56 Å². The maximum Gasteiger partial charge on any atom is 0.267 e. The van der Waals surface area contributed by atoms with Crippen LogP contribution in [0.4, 0.5) is 0 Å². The number of hydrogen-bond donors (Lipinski definition) is 1. The highest BCUT2D eigenvalue weighted by Crippen LogP contribution is 2.14. The number of aromatic nitrogens is 2. The Morgan fingerprint density at radius 2 is 2.05 bits per heavy atom. The van der Waals surface area contributed by atoms with E-state index in [0.29, 0.717) is 17.3 Å². The van der Waals surface area contributed by atoms with Crippen molar-refractivity contribution in [1.82, 2.24) is 15.1 Å². The number of rotatable bonds is 4. The van der Waals surface area contributed by atoms with Gasteiger partial charge in [0, 0.05) is 17.6 Å². The third kappa shape index (κ3) is 3.70. The first-order valence-electron chi connectivity index (χ1n) is 6.56. The van der Waals surface area contributed by atoms with Crippen molar-refractivity contribution in [1.29, 1.82) is 0 Å². The van der Waals surface area contributed by atoms with Crippen LogP contribution < -0.4 is 10.9 Å². The monoisotopic (exact) mass is 305 g/mol. The fourth-order valence-corrected chi connectivity index (χ4v) is 2.08. The summed E-state index contributed by atoms with van der Waals surface area (Å²) < 4.78 is 1.18. The molecule has 0 aliphatic rings. The largest absolute Gasteiger partial charge is 0.350 e. The zero-order chi connectivity index (χ0) is 15.4. The number of carbonyl (C=O) groups excluding carboxylic acids is 1. The van der Waals surface area contributed by atoms with E-state index in [4.69, 9.17) is 11.6 Å². The standard InChI is InChI=1S/C15H16ClN3O2/c1-10-7-8-14(20)19(18-10)11(2)15(21)17-9-12-5-3-4-6-13(12)16/h3-8,11H,9H2,1-2H3,(H,17,21). The van der Waals surface area contributed by atoms with Gasteiger partial charge in [-0.3, -0.25) is 9.59 Å². The smallest absolute Gasteiger partial charge is 0.267 e. The van der Waals surface area contributed by atoms with Crippen molar-refractivity contribution < 1.29 is 4.79 Å². The van der Waals surface area contributed by atoms with Crippen LogP contribution in [-0.4, -0.2) is 15.7 Å². The highest BCUT2D eigenvalue weighted by atomic mass is 35.5. The highest BCUT2D eigenvalue weighted by molar-refractivity contribution is 6.31. The van der Waals surface area contributed by atoms with Crippen LogP contribution in [0.2, 0.25) is 5.02 Å². The van der Waals surface area contributed by atoms with Gasteiger partial charge in [-0.15, -0.1) is 0 Å². The Morgan fingerprint density at radius 1 is 1.33 bits per heavy atom. The molecular weight excluding hydrogens is 290 g/mol. The summed E-state index contributed by atoms with van der Waals surface area (Å²) in [5.41, 5.74) is 1.20. The Labute approximate surface area is 127 Å². The van der Waals surface area contributed by atoms with E-state index in [1.165, 1.54) is 10.7 Å². The Bertz CT molecular complexity index is 712. The quantitative estimate of drug-likeness (QED) is 0.940. The van der Waals surface area contributed by atoms with Crippen LogP contribution in [0.15, 0.2) is 41.2 Å². The van der Waals surface area contributed by atoms with Crippen LogP contribution in [-0.2, 0) is 11.3 Å². The Morgan fingerprint density at radius 3 is 2.76 bits per heavy atom. The van der Waals surface area contributed by atoms with Gasteiger partial charge in [-0.25, -0.2) is 4.68 Å². The highest BCUT2D eigenvalue weighted by Gasteiger charge is 2.17. The van der Waals surface area contributed by atoms with Gasteiger partial charge in [0.2, 0.25) is 5.91 Å². The molecule has 2 rings (SSSR count). The average molecular weight is 306 g/mol. The lowest BCUT2D eigenvalue weighted by atomic mass is 10.2. The van der Waals surface area contributed by atoms with E-state index in [9.17, 15) is 9.59 Å². The van der Waals surface area contributed by atoms with Crippen molar-refractivity contribution in [2.45, 2.75) is 26.4 Å². The first kappa shape index (κ1) is 15.3. The summed E-state index contributed by atoms with van der Waals surface area (Å²) in [5.74, 6) is -0.282. The molecule has 1 N–H and O–H groups in total. The van der Waals surface area contributed by atoms with Crippen molar-refractivity contribution >= 4 is 17.5 Å². The van der Waals surface area contributed by atoms with Gasteiger partial charge in [0.05, 0.1) is 5.69 Å². The SMILES string of the molecule is Cc1ccc(=O)n(C(C)C(=O)NCc2ccccc2Cl)n1. The number of aryl methyl sites for hydroxylation is 1. The number of carbonyl (C=O) groups is 1. The lowest BCUT2D eigenvalue weighted by molar-refractivity contribution is -0.124. The van der Waals surface area contributed by atoms with Crippen molar-refractivity contribution in [3.8, 4) is 0 Å². The molecule has 0 fully saturated rings. The molecule has 21 heavy (non-hydrogen) atoms. The van der Waals surface area contributed by atoms with Crippen molar-refractivity contribution in [2.75, 3.05) is 0 Å². The molecule has 5 nitrogen and oxygen atoms in total. The molecule has 1 aromatic heterocycles. The lowest BCUT2D eigenvalue weighted by Crippen LogP contribution is -2.36. The summed E-state index contributed by atoms with van der Waals surface area (Å²) >= 11 is 6.03. The van der Waals surface area contributed by atoms with E-state index >= 15 is 0 Å². The molecule has 6 heteroatoms. The molecule has 0 radical (unpaired) electrons. The van der Waals surface area contributed by atoms with E-state index in [1.807, 2.05) is 18.2 Å². The van der Waals surface area contributed by atoms with Gasteiger partial charge in [0.15, 0.2) is 0 Å². The molecule has 0 bridgehead atoms. The average Bonchev–Trinajstić information content (AvgIpc) is 2.48. The molecule has 0 aliphatic heterocycles. The summed E-state index contributed by atoms with van der Waals surface area (Å²) in [5, 5.41) is 7.44. The van der Waals surface area contributed by atoms with E-state index < -0.39 is 6.04 Å². The number of nitrogens with zero attached hydrogens (tertiary/aromatic N) is 2. The van der Waals surface area contributed by atoms with Gasteiger partial charge in [-0.2, -0.15) is 5.10 Å². The summed E-state index contributed by atoms with van der Waals surface area (Å²) in [6, 6.07) is 9.62. The minimum Gasteiger partial charge on any atom is -0.350 e. The van der Waals surface area contributed by atoms with Crippen LogP contribution in [0.3, 0.4) is 0 Å². The van der Waals surface area contributed by atoms with Gasteiger partial charge in [0.25, 0.3) is 5.56 Å². The molecule has 0 saturated carbocycles.